The van der Waals surface area contributed by atoms with Crippen molar-refractivity contribution in [3.05, 3.63) is 35.4 Å². The Hall–Kier alpha value is -1.45. The Morgan fingerprint density at radius 2 is 2.10 bits per heavy atom. The van der Waals surface area contributed by atoms with E-state index in [1.807, 2.05) is 0 Å². The van der Waals surface area contributed by atoms with E-state index in [2.05, 4.69) is 4.72 Å². The highest BCUT2D eigenvalue weighted by molar-refractivity contribution is 7.92. The van der Waals surface area contributed by atoms with E-state index >= 15 is 0 Å². The average molecular weight is 333 g/mol. The first-order valence-electron chi connectivity index (χ1n) is 6.19. The Balaban J connectivity index is 2.08. The highest BCUT2D eigenvalue weighted by Crippen LogP contribution is 2.14. The number of carbonyl (C=O) groups is 1. The average Bonchev–Trinajstić information content (AvgIpc) is 2.67. The molecule has 1 aliphatic rings. The minimum absolute atomic E-state index is 0.00569. The van der Waals surface area contributed by atoms with Gasteiger partial charge in [0.25, 0.3) is 0 Å². The number of aromatic carboxylic acids is 1. The van der Waals surface area contributed by atoms with Crippen LogP contribution in [-0.4, -0.2) is 45.5 Å². The lowest BCUT2D eigenvalue weighted by atomic mass is 10.1. The van der Waals surface area contributed by atoms with Crippen LogP contribution in [0.2, 0.25) is 0 Å². The zero-order chi connectivity index (χ0) is 15.7. The molecule has 1 aliphatic heterocycles. The molecule has 9 heteroatoms. The van der Waals surface area contributed by atoms with Crippen LogP contribution in [0.25, 0.3) is 0 Å². The Bertz CT molecular complexity index is 754. The maximum atomic E-state index is 12.0. The van der Waals surface area contributed by atoms with Gasteiger partial charge in [-0.1, -0.05) is 12.1 Å². The van der Waals surface area contributed by atoms with Crippen LogP contribution >= 0.6 is 0 Å². The number of rotatable bonds is 5. The smallest absolute Gasteiger partial charge is 0.335 e. The number of nitrogens with one attached hydrogen (secondary N) is 1. The normalized spacial score (nSPS) is 21.2. The predicted molar refractivity (Wildman–Crippen MR) is 76.2 cm³/mol. The number of benzene rings is 1. The summed E-state index contributed by atoms with van der Waals surface area (Å²) in [6.45, 7) is 0. The Morgan fingerprint density at radius 3 is 2.67 bits per heavy atom. The number of sulfone groups is 1. The fourth-order valence-corrected chi connectivity index (χ4v) is 5.39. The van der Waals surface area contributed by atoms with Crippen LogP contribution in [0.1, 0.15) is 22.3 Å². The lowest BCUT2D eigenvalue weighted by molar-refractivity contribution is 0.0696. The van der Waals surface area contributed by atoms with Gasteiger partial charge in [0.2, 0.25) is 10.0 Å². The molecule has 1 heterocycles. The van der Waals surface area contributed by atoms with E-state index in [4.69, 9.17) is 5.11 Å². The van der Waals surface area contributed by atoms with Gasteiger partial charge < -0.3 is 5.11 Å². The summed E-state index contributed by atoms with van der Waals surface area (Å²) in [5.74, 6) is -1.73. The molecule has 0 saturated carbocycles. The van der Waals surface area contributed by atoms with Crippen molar-refractivity contribution in [2.75, 3.05) is 11.5 Å². The molecule has 0 aromatic heterocycles. The van der Waals surface area contributed by atoms with Crippen LogP contribution in [0.4, 0.5) is 0 Å². The Morgan fingerprint density at radius 1 is 1.38 bits per heavy atom. The minimum Gasteiger partial charge on any atom is -0.478 e. The molecule has 0 spiro atoms. The highest BCUT2D eigenvalue weighted by Gasteiger charge is 2.30. The van der Waals surface area contributed by atoms with Crippen molar-refractivity contribution in [1.82, 2.24) is 4.72 Å². The molecule has 1 saturated heterocycles. The summed E-state index contributed by atoms with van der Waals surface area (Å²) in [5, 5.41) is 8.86. The summed E-state index contributed by atoms with van der Waals surface area (Å²) in [6.07, 6.45) is 0.261. The largest absolute Gasteiger partial charge is 0.478 e. The monoisotopic (exact) mass is 333 g/mol. The van der Waals surface area contributed by atoms with Gasteiger partial charge in [-0.3, -0.25) is 0 Å². The molecule has 1 aromatic rings. The van der Waals surface area contributed by atoms with Crippen molar-refractivity contribution in [3.8, 4) is 0 Å². The molecular formula is C12H15NO6S2. The lowest BCUT2D eigenvalue weighted by Crippen LogP contribution is -2.36. The summed E-state index contributed by atoms with van der Waals surface area (Å²) < 4.78 is 49.0. The van der Waals surface area contributed by atoms with Crippen molar-refractivity contribution in [1.29, 1.82) is 0 Å². The first kappa shape index (κ1) is 15.9. The van der Waals surface area contributed by atoms with Gasteiger partial charge in [0, 0.05) is 6.04 Å². The molecule has 1 fully saturated rings. The standard InChI is InChI=1S/C12H15NO6S2/c14-12(15)10-3-1-2-9(6-10)7-21(18,19)13-11-4-5-20(16,17)8-11/h1-3,6,11,13H,4-5,7-8H2,(H,14,15). The second-order valence-corrected chi connectivity index (χ2v) is 8.97. The van der Waals surface area contributed by atoms with Crippen molar-refractivity contribution in [3.63, 3.8) is 0 Å². The fourth-order valence-electron chi connectivity index (χ4n) is 2.20. The molecule has 0 radical (unpaired) electrons. The van der Waals surface area contributed by atoms with Crippen LogP contribution in [0, 0.1) is 0 Å². The molecule has 21 heavy (non-hydrogen) atoms. The molecular weight excluding hydrogens is 318 g/mol. The Labute approximate surface area is 123 Å². The second-order valence-electron chi connectivity index (χ2n) is 4.98. The van der Waals surface area contributed by atoms with Gasteiger partial charge in [-0.2, -0.15) is 0 Å². The summed E-state index contributed by atoms with van der Waals surface area (Å²) in [7, 11) is -6.88. The molecule has 1 aromatic carbocycles. The van der Waals surface area contributed by atoms with Gasteiger partial charge in [-0.15, -0.1) is 0 Å². The molecule has 2 rings (SSSR count). The summed E-state index contributed by atoms with van der Waals surface area (Å²) >= 11 is 0. The van der Waals surface area contributed by atoms with Crippen molar-refractivity contribution >= 4 is 25.8 Å². The van der Waals surface area contributed by atoms with Crippen LogP contribution in [0.15, 0.2) is 24.3 Å². The van der Waals surface area contributed by atoms with Crippen molar-refractivity contribution in [2.24, 2.45) is 0 Å². The summed E-state index contributed by atoms with van der Waals surface area (Å²) in [4.78, 5) is 10.8. The number of hydrogen-bond acceptors (Lipinski definition) is 5. The maximum Gasteiger partial charge on any atom is 0.335 e. The number of hydrogen-bond donors (Lipinski definition) is 2. The van der Waals surface area contributed by atoms with E-state index in [0.29, 0.717) is 5.56 Å². The van der Waals surface area contributed by atoms with Crippen LogP contribution < -0.4 is 4.72 Å². The second kappa shape index (κ2) is 5.74. The SMILES string of the molecule is O=C(O)c1cccc(CS(=O)(=O)NC2CCS(=O)(=O)C2)c1. The molecule has 7 nitrogen and oxygen atoms in total. The van der Waals surface area contributed by atoms with Crippen LogP contribution in [0.3, 0.4) is 0 Å². The zero-order valence-corrected chi connectivity index (χ0v) is 12.7. The molecule has 0 aliphatic carbocycles. The molecule has 1 unspecified atom stereocenters. The van der Waals surface area contributed by atoms with E-state index in [9.17, 15) is 21.6 Å². The molecule has 0 amide bonds. The van der Waals surface area contributed by atoms with Gasteiger partial charge in [0.05, 0.1) is 22.8 Å². The summed E-state index contributed by atoms with van der Waals surface area (Å²) in [5.41, 5.74) is 0.342. The van der Waals surface area contributed by atoms with Gasteiger partial charge in [0.1, 0.15) is 0 Å². The first-order chi connectivity index (χ1) is 9.67. The first-order valence-corrected chi connectivity index (χ1v) is 9.67. The van der Waals surface area contributed by atoms with Gasteiger partial charge in [-0.25, -0.2) is 26.4 Å². The lowest BCUT2D eigenvalue weighted by Gasteiger charge is -2.11. The zero-order valence-electron chi connectivity index (χ0n) is 11.0. The molecule has 116 valence electrons. The van der Waals surface area contributed by atoms with Crippen LogP contribution in [-0.2, 0) is 25.6 Å². The van der Waals surface area contributed by atoms with Gasteiger partial charge in [0.15, 0.2) is 9.84 Å². The predicted octanol–water partition coefficient (Wildman–Crippen LogP) is -0.00870. The number of sulfonamides is 1. The van der Waals surface area contributed by atoms with Crippen molar-refractivity contribution in [2.45, 2.75) is 18.2 Å². The summed E-state index contributed by atoms with van der Waals surface area (Å²) in [6, 6.07) is 5.02. The van der Waals surface area contributed by atoms with Crippen LogP contribution in [0.5, 0.6) is 0 Å². The maximum absolute atomic E-state index is 12.0. The minimum atomic E-state index is -3.72. The third-order valence-electron chi connectivity index (χ3n) is 3.11. The molecule has 0 bridgehead atoms. The van der Waals surface area contributed by atoms with Gasteiger partial charge >= 0.3 is 5.97 Å². The van der Waals surface area contributed by atoms with E-state index in [1.165, 1.54) is 24.3 Å². The van der Waals surface area contributed by atoms with E-state index in [1.54, 1.807) is 0 Å². The van der Waals surface area contributed by atoms with E-state index < -0.39 is 31.9 Å². The third-order valence-corrected chi connectivity index (χ3v) is 6.28. The number of carboxylic acids is 1. The van der Waals surface area contributed by atoms with E-state index in [-0.39, 0.29) is 29.2 Å². The number of carboxylic acid groups (broad SMARTS) is 1. The quantitative estimate of drug-likeness (QED) is 0.782. The molecule has 1 atom stereocenters. The van der Waals surface area contributed by atoms with E-state index in [0.717, 1.165) is 0 Å². The fraction of sp³-hybridized carbons (Fsp3) is 0.417. The topological polar surface area (TPSA) is 118 Å². The third kappa shape index (κ3) is 4.51. The highest BCUT2D eigenvalue weighted by atomic mass is 32.2. The van der Waals surface area contributed by atoms with Crippen molar-refractivity contribution < 1.29 is 26.7 Å². The van der Waals surface area contributed by atoms with Gasteiger partial charge in [-0.05, 0) is 24.1 Å². The molecule has 2 N–H and O–H groups in total. The Kier molecular flexibility index (Phi) is 4.35.